The number of rotatable bonds is 8. The van der Waals surface area contributed by atoms with E-state index in [9.17, 15) is 0 Å². The van der Waals surface area contributed by atoms with Gasteiger partial charge in [0.15, 0.2) is 5.13 Å². The van der Waals surface area contributed by atoms with Gasteiger partial charge in [0.2, 0.25) is 0 Å². The minimum Gasteiger partial charge on any atom is -0.383 e. The summed E-state index contributed by atoms with van der Waals surface area (Å²) in [4.78, 5) is 8.52. The number of thiazole rings is 1. The highest BCUT2D eigenvalue weighted by atomic mass is 32.1. The lowest BCUT2D eigenvalue weighted by Gasteiger charge is -2.30. The van der Waals surface area contributed by atoms with Gasteiger partial charge < -0.3 is 15.4 Å². The molecular formula is C16H31N3OS. The molecule has 0 amide bonds. The number of hydrogen-bond donors (Lipinski definition) is 1. The van der Waals surface area contributed by atoms with E-state index in [2.05, 4.69) is 39.5 Å². The fraction of sp³-hybridized carbons (Fsp3) is 0.812. The van der Waals surface area contributed by atoms with Crippen LogP contribution in [0.5, 0.6) is 0 Å². The van der Waals surface area contributed by atoms with Crippen LogP contribution in [0.2, 0.25) is 0 Å². The van der Waals surface area contributed by atoms with Gasteiger partial charge in [-0.05, 0) is 12.8 Å². The SMILES string of the molecule is CCC(CC)N(CCOC)c1nc(C(C)(C)C)c(CN)s1. The zero-order chi connectivity index (χ0) is 16.0. The second-order valence-corrected chi connectivity index (χ2v) is 7.44. The van der Waals surface area contributed by atoms with Crippen molar-refractivity contribution in [3.05, 3.63) is 10.6 Å². The molecule has 122 valence electrons. The molecule has 0 unspecified atom stereocenters. The highest BCUT2D eigenvalue weighted by molar-refractivity contribution is 7.15. The molecule has 0 aliphatic heterocycles. The van der Waals surface area contributed by atoms with Gasteiger partial charge in [0, 0.05) is 36.5 Å². The summed E-state index contributed by atoms with van der Waals surface area (Å²) in [6.07, 6.45) is 2.23. The summed E-state index contributed by atoms with van der Waals surface area (Å²) in [7, 11) is 1.75. The zero-order valence-corrected chi connectivity index (χ0v) is 15.2. The largest absolute Gasteiger partial charge is 0.383 e. The van der Waals surface area contributed by atoms with Gasteiger partial charge in [-0.25, -0.2) is 4.98 Å². The molecule has 0 aliphatic carbocycles. The first-order chi connectivity index (χ1) is 9.88. The van der Waals surface area contributed by atoms with E-state index in [1.165, 1.54) is 4.88 Å². The summed E-state index contributed by atoms with van der Waals surface area (Å²) in [5, 5.41) is 1.09. The highest BCUT2D eigenvalue weighted by Gasteiger charge is 2.26. The number of methoxy groups -OCH3 is 1. The number of nitrogens with two attached hydrogens (primary N) is 1. The molecular weight excluding hydrogens is 282 g/mol. The van der Waals surface area contributed by atoms with Crippen molar-refractivity contribution in [1.29, 1.82) is 0 Å². The van der Waals surface area contributed by atoms with Crippen LogP contribution < -0.4 is 10.6 Å². The summed E-state index contributed by atoms with van der Waals surface area (Å²) < 4.78 is 5.27. The Labute approximate surface area is 133 Å². The van der Waals surface area contributed by atoms with Crippen molar-refractivity contribution in [3.63, 3.8) is 0 Å². The highest BCUT2D eigenvalue weighted by Crippen LogP contribution is 2.34. The average Bonchev–Trinajstić information content (AvgIpc) is 2.87. The number of hydrogen-bond acceptors (Lipinski definition) is 5. The van der Waals surface area contributed by atoms with E-state index in [4.69, 9.17) is 15.5 Å². The lowest BCUT2D eigenvalue weighted by Crippen LogP contribution is -2.37. The van der Waals surface area contributed by atoms with Crippen LogP contribution in [0.25, 0.3) is 0 Å². The quantitative estimate of drug-likeness (QED) is 0.797. The second-order valence-electron chi connectivity index (χ2n) is 6.38. The zero-order valence-electron chi connectivity index (χ0n) is 14.4. The van der Waals surface area contributed by atoms with E-state index in [0.29, 0.717) is 12.6 Å². The van der Waals surface area contributed by atoms with Crippen LogP contribution in [0.4, 0.5) is 5.13 Å². The van der Waals surface area contributed by atoms with E-state index < -0.39 is 0 Å². The Morgan fingerprint density at radius 1 is 1.29 bits per heavy atom. The summed E-state index contributed by atoms with van der Waals surface area (Å²) in [6, 6.07) is 0.504. The maximum atomic E-state index is 5.93. The average molecular weight is 314 g/mol. The van der Waals surface area contributed by atoms with E-state index in [-0.39, 0.29) is 5.41 Å². The Bertz CT molecular complexity index is 422. The maximum absolute atomic E-state index is 5.93. The van der Waals surface area contributed by atoms with Gasteiger partial charge in [-0.2, -0.15) is 0 Å². The third-order valence-corrected chi connectivity index (χ3v) is 4.86. The molecule has 1 heterocycles. The maximum Gasteiger partial charge on any atom is 0.186 e. The first kappa shape index (κ1) is 18.4. The molecule has 4 nitrogen and oxygen atoms in total. The van der Waals surface area contributed by atoms with Crippen molar-refractivity contribution >= 4 is 16.5 Å². The molecule has 1 aromatic heterocycles. The van der Waals surface area contributed by atoms with E-state index in [1.807, 2.05) is 0 Å². The standard InChI is InChI=1S/C16H31N3OS/c1-7-12(8-2)19(9-10-20-6)15-18-14(16(3,4)5)13(11-17)21-15/h12H,7-11,17H2,1-6H3. The van der Waals surface area contributed by atoms with Crippen LogP contribution in [-0.2, 0) is 16.7 Å². The fourth-order valence-electron chi connectivity index (χ4n) is 2.54. The summed E-state index contributed by atoms with van der Waals surface area (Å²) in [5.74, 6) is 0. The molecule has 0 atom stereocenters. The summed E-state index contributed by atoms with van der Waals surface area (Å²) in [6.45, 7) is 13.2. The molecule has 1 rings (SSSR count). The summed E-state index contributed by atoms with van der Waals surface area (Å²) in [5.41, 5.74) is 7.10. The van der Waals surface area contributed by atoms with Crippen molar-refractivity contribution in [3.8, 4) is 0 Å². The fourth-order valence-corrected chi connectivity index (χ4v) is 3.79. The Kier molecular flexibility index (Phi) is 7.10. The third-order valence-electron chi connectivity index (χ3n) is 3.75. The van der Waals surface area contributed by atoms with Gasteiger partial charge in [0.1, 0.15) is 0 Å². The van der Waals surface area contributed by atoms with Crippen molar-refractivity contribution in [2.75, 3.05) is 25.2 Å². The minimum absolute atomic E-state index is 0.0320. The van der Waals surface area contributed by atoms with Gasteiger partial charge in [0.05, 0.1) is 12.3 Å². The molecule has 0 aromatic carbocycles. The molecule has 0 bridgehead atoms. The number of aromatic nitrogens is 1. The van der Waals surface area contributed by atoms with Crippen LogP contribution in [-0.4, -0.2) is 31.3 Å². The molecule has 1 aromatic rings. The molecule has 0 aliphatic rings. The smallest absolute Gasteiger partial charge is 0.186 e. The summed E-state index contributed by atoms with van der Waals surface area (Å²) >= 11 is 1.74. The van der Waals surface area contributed by atoms with Gasteiger partial charge in [-0.3, -0.25) is 0 Å². The predicted octanol–water partition coefficient (Wildman–Crippen LogP) is 3.54. The number of anilines is 1. The number of ether oxygens (including phenoxy) is 1. The Hall–Kier alpha value is -0.650. The third kappa shape index (κ3) is 4.66. The van der Waals surface area contributed by atoms with Gasteiger partial charge >= 0.3 is 0 Å². The van der Waals surface area contributed by atoms with Gasteiger partial charge in [-0.1, -0.05) is 34.6 Å². The Morgan fingerprint density at radius 3 is 2.29 bits per heavy atom. The van der Waals surface area contributed by atoms with E-state index in [0.717, 1.165) is 36.8 Å². The molecule has 0 spiro atoms. The molecule has 5 heteroatoms. The van der Waals surface area contributed by atoms with Gasteiger partial charge in [0.25, 0.3) is 0 Å². The minimum atomic E-state index is 0.0320. The van der Waals surface area contributed by atoms with E-state index in [1.54, 1.807) is 18.4 Å². The monoisotopic (exact) mass is 313 g/mol. The Balaban J connectivity index is 3.15. The lowest BCUT2D eigenvalue weighted by atomic mass is 9.91. The second kappa shape index (κ2) is 8.11. The van der Waals surface area contributed by atoms with Crippen LogP contribution in [0, 0.1) is 0 Å². The molecule has 0 saturated carbocycles. The molecule has 0 fully saturated rings. The molecule has 2 N–H and O–H groups in total. The van der Waals surface area contributed by atoms with Crippen molar-refractivity contribution in [1.82, 2.24) is 4.98 Å². The van der Waals surface area contributed by atoms with Crippen LogP contribution >= 0.6 is 11.3 Å². The van der Waals surface area contributed by atoms with Crippen LogP contribution in [0.3, 0.4) is 0 Å². The first-order valence-electron chi connectivity index (χ1n) is 7.84. The van der Waals surface area contributed by atoms with E-state index >= 15 is 0 Å². The first-order valence-corrected chi connectivity index (χ1v) is 8.66. The molecule has 21 heavy (non-hydrogen) atoms. The normalized spacial score (nSPS) is 12.2. The predicted molar refractivity (Wildman–Crippen MR) is 92.3 cm³/mol. The topological polar surface area (TPSA) is 51.4 Å². The van der Waals surface area contributed by atoms with Crippen molar-refractivity contribution < 1.29 is 4.74 Å². The molecule has 0 saturated heterocycles. The van der Waals surface area contributed by atoms with Crippen molar-refractivity contribution in [2.45, 2.75) is 65.5 Å². The van der Waals surface area contributed by atoms with Crippen molar-refractivity contribution in [2.24, 2.45) is 5.73 Å². The lowest BCUT2D eigenvalue weighted by molar-refractivity contribution is 0.202. The van der Waals surface area contributed by atoms with Gasteiger partial charge in [-0.15, -0.1) is 11.3 Å². The Morgan fingerprint density at radius 2 is 1.90 bits per heavy atom. The van der Waals surface area contributed by atoms with Crippen LogP contribution in [0.15, 0.2) is 0 Å². The van der Waals surface area contributed by atoms with Crippen LogP contribution in [0.1, 0.15) is 58.0 Å². The molecule has 0 radical (unpaired) electrons. The number of nitrogens with zero attached hydrogens (tertiary/aromatic N) is 2.